The average molecular weight is 409 g/mol. The molecule has 2 N–H and O–H groups in total. The van der Waals surface area contributed by atoms with Crippen molar-refractivity contribution in [2.45, 2.75) is 6.54 Å². The molecule has 0 amide bonds. The molecule has 3 aromatic rings. The molecule has 0 saturated heterocycles. The zero-order chi connectivity index (χ0) is 14.7. The minimum Gasteiger partial charge on any atom is -0.307 e. The molecular formula is C15H12IN3OS. The van der Waals surface area contributed by atoms with E-state index in [9.17, 15) is 4.79 Å². The molecule has 0 unspecified atom stereocenters. The predicted molar refractivity (Wildman–Crippen MR) is 96.3 cm³/mol. The zero-order valence-corrected chi connectivity index (χ0v) is 13.9. The van der Waals surface area contributed by atoms with E-state index in [1.54, 1.807) is 15.3 Å². The summed E-state index contributed by atoms with van der Waals surface area (Å²) < 4.78 is 3.21. The molecule has 106 valence electrons. The molecule has 2 aromatic heterocycles. The van der Waals surface area contributed by atoms with E-state index < -0.39 is 0 Å². The number of aromatic nitrogens is 2. The first-order valence-corrected chi connectivity index (χ1v) is 9.71. The number of fused-ring (bicyclic) bond motifs is 1. The first-order chi connectivity index (χ1) is 10.3. The smallest absolute Gasteiger partial charge is 0.249 e. The van der Waals surface area contributed by atoms with Gasteiger partial charge in [-0.25, -0.2) is 4.98 Å². The maximum atomic E-state index is 11.4. The number of nitrogens with zero attached hydrogens (tertiary/aromatic N) is 1. The Kier molecular flexibility index (Phi) is 4.57. The number of hydrogen-bond donors (Lipinski definition) is 2. The quantitative estimate of drug-likeness (QED) is 0.510. The number of hydrogen-bond acceptors (Lipinski definition) is 4. The molecule has 0 aliphatic heterocycles. The van der Waals surface area contributed by atoms with Crippen molar-refractivity contribution in [3.8, 4) is 11.1 Å². The van der Waals surface area contributed by atoms with Crippen LogP contribution in [0.15, 0.2) is 53.5 Å². The first kappa shape index (κ1) is 14.6. The van der Waals surface area contributed by atoms with Gasteiger partial charge in [-0.15, -0.1) is 0 Å². The van der Waals surface area contributed by atoms with E-state index in [-0.39, 0.29) is 5.56 Å². The van der Waals surface area contributed by atoms with Gasteiger partial charge in [0.25, 0.3) is 0 Å². The van der Waals surface area contributed by atoms with Crippen molar-refractivity contribution in [2.24, 2.45) is 0 Å². The summed E-state index contributed by atoms with van der Waals surface area (Å²) in [5.41, 5.74) is 3.89. The van der Waals surface area contributed by atoms with Crippen LogP contribution in [0, 0.1) is 0 Å². The van der Waals surface area contributed by atoms with Gasteiger partial charge in [0, 0.05) is 45.4 Å². The molecule has 0 atom stereocenters. The molecule has 0 fully saturated rings. The maximum Gasteiger partial charge on any atom is 0.249 e. The van der Waals surface area contributed by atoms with Crippen molar-refractivity contribution < 1.29 is 0 Å². The fourth-order valence-electron chi connectivity index (χ4n) is 2.22. The van der Waals surface area contributed by atoms with E-state index in [0.717, 1.165) is 23.1 Å². The van der Waals surface area contributed by atoms with Gasteiger partial charge in [0.1, 0.15) is 5.65 Å². The van der Waals surface area contributed by atoms with E-state index in [4.69, 9.17) is 0 Å². The van der Waals surface area contributed by atoms with Crippen molar-refractivity contribution in [3.63, 3.8) is 0 Å². The summed E-state index contributed by atoms with van der Waals surface area (Å²) in [7, 11) is 1.58. The van der Waals surface area contributed by atoms with E-state index in [1.165, 1.54) is 11.6 Å². The van der Waals surface area contributed by atoms with Crippen LogP contribution in [0.4, 0.5) is 0 Å². The normalized spacial score (nSPS) is 10.9. The number of nitrogens with one attached hydrogen (secondary N) is 2. The second kappa shape index (κ2) is 6.59. The van der Waals surface area contributed by atoms with Crippen LogP contribution in [0.25, 0.3) is 22.2 Å². The van der Waals surface area contributed by atoms with Crippen LogP contribution < -0.4 is 10.3 Å². The molecule has 3 rings (SSSR count). The summed E-state index contributed by atoms with van der Waals surface area (Å²) in [4.78, 5) is 18.3. The summed E-state index contributed by atoms with van der Waals surface area (Å²) >= 11 is 2.21. The fourth-order valence-corrected chi connectivity index (χ4v) is 2.91. The summed E-state index contributed by atoms with van der Waals surface area (Å²) in [6.45, 7) is 0.832. The lowest BCUT2D eigenvalue weighted by Crippen LogP contribution is -2.04. The van der Waals surface area contributed by atoms with E-state index >= 15 is 0 Å². The van der Waals surface area contributed by atoms with Gasteiger partial charge in [-0.2, -0.15) is 0 Å². The van der Waals surface area contributed by atoms with Gasteiger partial charge in [0.2, 0.25) is 5.56 Å². The summed E-state index contributed by atoms with van der Waals surface area (Å²) in [6, 6.07) is 13.7. The van der Waals surface area contributed by atoms with Crippen molar-refractivity contribution in [2.75, 3.05) is 0 Å². The van der Waals surface area contributed by atoms with Crippen LogP contribution in [0.5, 0.6) is 0 Å². The lowest BCUT2D eigenvalue weighted by Gasteiger charge is -2.07. The highest BCUT2D eigenvalue weighted by molar-refractivity contribution is 14.2. The summed E-state index contributed by atoms with van der Waals surface area (Å²) in [6.07, 6.45) is 1.72. The highest BCUT2D eigenvalue weighted by Crippen LogP contribution is 2.26. The predicted octanol–water partition coefficient (Wildman–Crippen LogP) is 3.68. The van der Waals surface area contributed by atoms with E-state index in [2.05, 4.69) is 60.2 Å². The number of benzene rings is 1. The molecule has 0 aliphatic rings. The van der Waals surface area contributed by atoms with Gasteiger partial charge < -0.3 is 4.98 Å². The number of pyridine rings is 2. The van der Waals surface area contributed by atoms with Gasteiger partial charge in [-0.05, 0) is 37.9 Å². The van der Waals surface area contributed by atoms with E-state index in [0.29, 0.717) is 5.65 Å². The Morgan fingerprint density at radius 3 is 2.71 bits per heavy atom. The molecule has 21 heavy (non-hydrogen) atoms. The SMILES string of the molecule is O=c1ccc2c(-c3ccc(CNSI)cc3)ccnc2[nH]1. The van der Waals surface area contributed by atoms with Crippen LogP contribution in [-0.2, 0) is 6.54 Å². The van der Waals surface area contributed by atoms with Crippen molar-refractivity contribution in [1.82, 2.24) is 14.7 Å². The maximum absolute atomic E-state index is 11.4. The third-order valence-corrected chi connectivity index (χ3v) is 4.42. The standard InChI is InChI=1S/C15H12IN3OS/c16-21-18-9-10-1-3-11(4-2-10)12-7-8-17-15-13(12)5-6-14(20)19-15/h1-8,18H,9H2,(H,17,19,20). The Morgan fingerprint density at radius 2 is 1.95 bits per heavy atom. The number of rotatable bonds is 4. The van der Waals surface area contributed by atoms with Crippen LogP contribution in [0.3, 0.4) is 0 Å². The van der Waals surface area contributed by atoms with Crippen molar-refractivity contribution >= 4 is 41.4 Å². The molecular weight excluding hydrogens is 397 g/mol. The zero-order valence-electron chi connectivity index (χ0n) is 11.0. The monoisotopic (exact) mass is 409 g/mol. The minimum absolute atomic E-state index is 0.134. The second-order valence-electron chi connectivity index (χ2n) is 4.54. The molecule has 0 bridgehead atoms. The number of aromatic amines is 1. The van der Waals surface area contributed by atoms with Crippen LogP contribution in [-0.4, -0.2) is 9.97 Å². The Hall–Kier alpha value is -1.38. The molecule has 4 nitrogen and oxygen atoms in total. The van der Waals surface area contributed by atoms with Crippen molar-refractivity contribution in [1.29, 1.82) is 0 Å². The van der Waals surface area contributed by atoms with Crippen LogP contribution >= 0.6 is 30.3 Å². The van der Waals surface area contributed by atoms with Gasteiger partial charge >= 0.3 is 0 Å². The van der Waals surface area contributed by atoms with Crippen LogP contribution in [0.2, 0.25) is 0 Å². The topological polar surface area (TPSA) is 57.8 Å². The molecule has 2 heterocycles. The van der Waals surface area contributed by atoms with Crippen LogP contribution in [0.1, 0.15) is 5.56 Å². The average Bonchev–Trinajstić information content (AvgIpc) is 2.52. The Morgan fingerprint density at radius 1 is 1.14 bits per heavy atom. The highest BCUT2D eigenvalue weighted by atomic mass is 127. The molecule has 0 aliphatic carbocycles. The highest BCUT2D eigenvalue weighted by Gasteiger charge is 2.05. The van der Waals surface area contributed by atoms with Crippen molar-refractivity contribution in [3.05, 3.63) is 64.6 Å². The van der Waals surface area contributed by atoms with Gasteiger partial charge in [0.15, 0.2) is 0 Å². The molecule has 0 saturated carbocycles. The Bertz CT molecular complexity index is 817. The minimum atomic E-state index is -0.134. The Labute approximate surface area is 138 Å². The molecule has 0 radical (unpaired) electrons. The number of H-pyrrole nitrogens is 1. The third kappa shape index (κ3) is 3.28. The molecule has 1 aromatic carbocycles. The first-order valence-electron chi connectivity index (χ1n) is 6.36. The summed E-state index contributed by atoms with van der Waals surface area (Å²) in [5.74, 6) is 0. The van der Waals surface area contributed by atoms with Gasteiger partial charge in [0.05, 0.1) is 0 Å². The second-order valence-corrected chi connectivity index (χ2v) is 6.30. The summed E-state index contributed by atoms with van der Waals surface area (Å²) in [5, 5.41) is 0.950. The number of halogens is 1. The fraction of sp³-hybridized carbons (Fsp3) is 0.0667. The lowest BCUT2D eigenvalue weighted by atomic mass is 10.0. The molecule has 6 heteroatoms. The largest absolute Gasteiger partial charge is 0.307 e. The third-order valence-electron chi connectivity index (χ3n) is 3.23. The van der Waals surface area contributed by atoms with Gasteiger partial charge in [-0.3, -0.25) is 9.52 Å². The lowest BCUT2D eigenvalue weighted by molar-refractivity contribution is 0.985. The van der Waals surface area contributed by atoms with E-state index in [1.807, 2.05) is 12.1 Å². The Balaban J connectivity index is 2.02. The van der Waals surface area contributed by atoms with Gasteiger partial charge in [-0.1, -0.05) is 24.3 Å². The molecule has 0 spiro atoms.